The van der Waals surface area contributed by atoms with Crippen LogP contribution in [-0.2, 0) is 0 Å². The molecule has 0 aromatic carbocycles. The van der Waals surface area contributed by atoms with Crippen molar-refractivity contribution in [2.24, 2.45) is 0 Å². The molecule has 1 N–H and O–H groups in total. The van der Waals surface area contributed by atoms with Crippen molar-refractivity contribution in [2.75, 3.05) is 0 Å². The fraction of sp³-hybridized carbons (Fsp3) is 0.385. The van der Waals surface area contributed by atoms with Gasteiger partial charge in [0, 0.05) is 22.2 Å². The van der Waals surface area contributed by atoms with Gasteiger partial charge in [-0.3, -0.25) is 4.79 Å². The molecule has 90 valence electrons. The van der Waals surface area contributed by atoms with Crippen LogP contribution in [0.1, 0.15) is 48.3 Å². The van der Waals surface area contributed by atoms with Crippen molar-refractivity contribution in [1.29, 1.82) is 5.26 Å². The Labute approximate surface area is 105 Å². The fourth-order valence-corrected chi connectivity index (χ4v) is 2.25. The first-order chi connectivity index (χ1) is 8.01. The molecule has 4 heteroatoms. The number of allylic oxidation sites excluding steroid dienone is 2. The lowest BCUT2D eigenvalue weighted by Gasteiger charge is -2.00. The average molecular weight is 249 g/mol. The summed E-state index contributed by atoms with van der Waals surface area (Å²) >= 11 is 1.50. The summed E-state index contributed by atoms with van der Waals surface area (Å²) in [6.07, 6.45) is 0.288. The number of nitrogens with zero attached hydrogens (tertiary/aromatic N) is 1. The highest BCUT2D eigenvalue weighted by Crippen LogP contribution is 2.25. The molecule has 17 heavy (non-hydrogen) atoms. The van der Waals surface area contributed by atoms with Crippen molar-refractivity contribution in [1.82, 2.24) is 0 Å². The van der Waals surface area contributed by atoms with E-state index in [0.717, 1.165) is 4.88 Å². The minimum Gasteiger partial charge on any atom is -0.511 e. The van der Waals surface area contributed by atoms with Gasteiger partial charge in [0.1, 0.15) is 17.4 Å². The van der Waals surface area contributed by atoms with Crippen LogP contribution in [0.3, 0.4) is 0 Å². The Balaban J connectivity index is 3.08. The molecule has 0 saturated carbocycles. The largest absolute Gasteiger partial charge is 0.511 e. The van der Waals surface area contributed by atoms with Gasteiger partial charge < -0.3 is 5.11 Å². The molecule has 0 spiro atoms. The van der Waals surface area contributed by atoms with Gasteiger partial charge in [-0.05, 0) is 12.0 Å². The van der Waals surface area contributed by atoms with Crippen LogP contribution in [0.15, 0.2) is 22.8 Å². The Bertz CT molecular complexity index is 492. The van der Waals surface area contributed by atoms with E-state index in [4.69, 9.17) is 5.26 Å². The molecule has 1 heterocycles. The first-order valence-electron chi connectivity index (χ1n) is 5.46. The Hall–Kier alpha value is -1.60. The smallest absolute Gasteiger partial charge is 0.207 e. The average Bonchev–Trinajstić information content (AvgIpc) is 2.78. The molecule has 0 radical (unpaired) electrons. The Kier molecular flexibility index (Phi) is 4.47. The van der Waals surface area contributed by atoms with Crippen molar-refractivity contribution in [2.45, 2.75) is 33.1 Å². The van der Waals surface area contributed by atoms with Crippen LogP contribution in [0, 0.1) is 11.3 Å². The molecular weight excluding hydrogens is 234 g/mol. The molecule has 1 rings (SSSR count). The van der Waals surface area contributed by atoms with Gasteiger partial charge in [0.05, 0.1) is 0 Å². The summed E-state index contributed by atoms with van der Waals surface area (Å²) in [7, 11) is 0. The Morgan fingerprint density at radius 2 is 2.24 bits per heavy atom. The molecule has 0 aliphatic heterocycles. The third-order valence-corrected chi connectivity index (χ3v) is 3.65. The zero-order valence-electron chi connectivity index (χ0n) is 10.2. The number of nitriles is 1. The van der Waals surface area contributed by atoms with Gasteiger partial charge >= 0.3 is 0 Å². The predicted octanol–water partition coefficient (Wildman–Crippen LogP) is 3.80. The quantitative estimate of drug-likeness (QED) is 0.382. The van der Waals surface area contributed by atoms with E-state index in [0.29, 0.717) is 11.5 Å². The van der Waals surface area contributed by atoms with Gasteiger partial charge in [-0.2, -0.15) is 5.26 Å². The number of aliphatic hydroxyl groups is 1. The summed E-state index contributed by atoms with van der Waals surface area (Å²) < 4.78 is 0. The SMILES string of the molecule is CCC(O)=C(C#N)C(=O)c1csc(C(C)C)c1. The number of carbonyl (C=O) groups excluding carboxylic acids is 1. The molecule has 0 amide bonds. The van der Waals surface area contributed by atoms with E-state index in [1.807, 2.05) is 13.8 Å². The van der Waals surface area contributed by atoms with Crippen LogP contribution in [0.25, 0.3) is 0 Å². The molecule has 0 saturated heterocycles. The van der Waals surface area contributed by atoms with Gasteiger partial charge in [-0.15, -0.1) is 11.3 Å². The zero-order chi connectivity index (χ0) is 13.0. The molecule has 0 unspecified atom stereocenters. The maximum Gasteiger partial charge on any atom is 0.207 e. The number of carbonyl (C=O) groups is 1. The van der Waals surface area contributed by atoms with Crippen molar-refractivity contribution >= 4 is 17.1 Å². The van der Waals surface area contributed by atoms with E-state index in [1.54, 1.807) is 24.4 Å². The highest BCUT2D eigenvalue weighted by Gasteiger charge is 2.18. The van der Waals surface area contributed by atoms with Gasteiger partial charge in [0.2, 0.25) is 5.78 Å². The molecule has 3 nitrogen and oxygen atoms in total. The van der Waals surface area contributed by atoms with Crippen LogP contribution >= 0.6 is 11.3 Å². The Morgan fingerprint density at radius 3 is 2.65 bits per heavy atom. The van der Waals surface area contributed by atoms with E-state index in [2.05, 4.69) is 0 Å². The summed E-state index contributed by atoms with van der Waals surface area (Å²) in [6.45, 7) is 5.79. The lowest BCUT2D eigenvalue weighted by molar-refractivity contribution is 0.103. The van der Waals surface area contributed by atoms with Crippen molar-refractivity contribution in [3.05, 3.63) is 33.2 Å². The third-order valence-electron chi connectivity index (χ3n) is 2.41. The number of Topliss-reactive ketones (excluding diaryl/α,β-unsaturated/α-hetero) is 1. The second-order valence-electron chi connectivity index (χ2n) is 4.01. The number of thiophene rings is 1. The number of hydrogen-bond acceptors (Lipinski definition) is 4. The highest BCUT2D eigenvalue weighted by molar-refractivity contribution is 7.10. The maximum absolute atomic E-state index is 12.0. The molecule has 0 fully saturated rings. The van der Waals surface area contributed by atoms with Crippen molar-refractivity contribution < 1.29 is 9.90 Å². The monoisotopic (exact) mass is 249 g/mol. The summed E-state index contributed by atoms with van der Waals surface area (Å²) in [5.74, 6) is -0.180. The summed E-state index contributed by atoms with van der Waals surface area (Å²) in [4.78, 5) is 13.1. The highest BCUT2D eigenvalue weighted by atomic mass is 32.1. The minimum absolute atomic E-state index is 0.144. The van der Waals surface area contributed by atoms with Crippen LogP contribution < -0.4 is 0 Å². The molecule has 0 aliphatic carbocycles. The molecule has 1 aromatic rings. The molecule has 1 aromatic heterocycles. The number of ketones is 1. The van der Waals surface area contributed by atoms with Crippen LogP contribution in [0.2, 0.25) is 0 Å². The van der Waals surface area contributed by atoms with E-state index < -0.39 is 5.78 Å². The number of hydrogen-bond donors (Lipinski definition) is 1. The maximum atomic E-state index is 12.0. The molecule has 0 aliphatic rings. The summed E-state index contributed by atoms with van der Waals surface area (Å²) in [5, 5.41) is 20.1. The number of rotatable bonds is 4. The lowest BCUT2D eigenvalue weighted by Crippen LogP contribution is -2.04. The zero-order valence-corrected chi connectivity index (χ0v) is 11.0. The third kappa shape index (κ3) is 2.95. The standard InChI is InChI=1S/C13H15NO2S/c1-4-11(15)10(6-14)13(16)9-5-12(8(2)3)17-7-9/h5,7-8,15H,4H2,1-3H3. The minimum atomic E-state index is -0.394. The second kappa shape index (κ2) is 5.65. The lowest BCUT2D eigenvalue weighted by atomic mass is 10.0. The molecular formula is C13H15NO2S. The van der Waals surface area contributed by atoms with Crippen molar-refractivity contribution in [3.63, 3.8) is 0 Å². The topological polar surface area (TPSA) is 61.1 Å². The first kappa shape index (κ1) is 13.5. The number of aliphatic hydroxyl groups excluding tert-OH is 1. The molecule has 0 bridgehead atoms. The summed E-state index contributed by atoms with van der Waals surface area (Å²) in [5.41, 5.74) is 0.329. The normalized spacial score (nSPS) is 12.2. The fourth-order valence-electron chi connectivity index (χ4n) is 1.34. The van der Waals surface area contributed by atoms with Crippen LogP contribution in [0.5, 0.6) is 0 Å². The van der Waals surface area contributed by atoms with E-state index in [-0.39, 0.29) is 17.8 Å². The Morgan fingerprint density at radius 1 is 1.59 bits per heavy atom. The van der Waals surface area contributed by atoms with Crippen LogP contribution in [-0.4, -0.2) is 10.9 Å². The van der Waals surface area contributed by atoms with Gasteiger partial charge in [-0.1, -0.05) is 20.8 Å². The predicted molar refractivity (Wildman–Crippen MR) is 68.3 cm³/mol. The first-order valence-corrected chi connectivity index (χ1v) is 6.34. The molecule has 0 atom stereocenters. The van der Waals surface area contributed by atoms with Gasteiger partial charge in [-0.25, -0.2) is 0 Å². The van der Waals surface area contributed by atoms with E-state index >= 15 is 0 Å². The van der Waals surface area contributed by atoms with Crippen LogP contribution in [0.4, 0.5) is 0 Å². The van der Waals surface area contributed by atoms with E-state index in [1.165, 1.54) is 11.3 Å². The summed E-state index contributed by atoms with van der Waals surface area (Å²) in [6, 6.07) is 3.56. The van der Waals surface area contributed by atoms with Gasteiger partial charge in [0.25, 0.3) is 0 Å². The van der Waals surface area contributed by atoms with E-state index in [9.17, 15) is 9.90 Å². The van der Waals surface area contributed by atoms with Gasteiger partial charge in [0.15, 0.2) is 0 Å². The second-order valence-corrected chi connectivity index (χ2v) is 4.95. The van der Waals surface area contributed by atoms with Crippen molar-refractivity contribution in [3.8, 4) is 6.07 Å².